The first kappa shape index (κ1) is 18.7. The molecule has 0 saturated heterocycles. The molecule has 1 aromatic carbocycles. The van der Waals surface area contributed by atoms with Crippen molar-refractivity contribution in [1.82, 2.24) is 0 Å². The SMILES string of the molecule is COc1cc2c(cc1OS(N)(=O)=O)C(=O)C[C@@H]1[C@@H]2CC[C@]2(C)CCCC[C@@H]12. The van der Waals surface area contributed by atoms with E-state index in [1.807, 2.05) is 0 Å². The van der Waals surface area contributed by atoms with Gasteiger partial charge in [-0.15, -0.1) is 0 Å². The van der Waals surface area contributed by atoms with Gasteiger partial charge in [0.15, 0.2) is 17.3 Å². The fourth-order valence-corrected chi connectivity index (χ4v) is 6.30. The normalized spacial score (nSPS) is 32.9. The number of carbonyl (C=O) groups is 1. The van der Waals surface area contributed by atoms with Gasteiger partial charge in [0, 0.05) is 12.0 Å². The van der Waals surface area contributed by atoms with Crippen molar-refractivity contribution in [3.63, 3.8) is 0 Å². The van der Waals surface area contributed by atoms with Crippen LogP contribution in [0.25, 0.3) is 0 Å². The summed E-state index contributed by atoms with van der Waals surface area (Å²) >= 11 is 0. The van der Waals surface area contributed by atoms with Crippen molar-refractivity contribution in [3.8, 4) is 11.5 Å². The van der Waals surface area contributed by atoms with Crippen LogP contribution in [0.4, 0.5) is 0 Å². The first-order valence-corrected chi connectivity index (χ1v) is 11.2. The molecule has 0 spiro atoms. The van der Waals surface area contributed by atoms with Gasteiger partial charge in [-0.1, -0.05) is 19.8 Å². The van der Waals surface area contributed by atoms with Gasteiger partial charge in [-0.2, -0.15) is 13.6 Å². The Morgan fingerprint density at radius 1 is 1.15 bits per heavy atom. The van der Waals surface area contributed by atoms with E-state index >= 15 is 0 Å². The van der Waals surface area contributed by atoms with Crippen LogP contribution in [0.1, 0.15) is 73.7 Å². The molecule has 0 amide bonds. The third-order valence-electron chi connectivity index (χ3n) is 7.13. The second-order valence-electron chi connectivity index (χ2n) is 8.61. The summed E-state index contributed by atoms with van der Waals surface area (Å²) in [4.78, 5) is 13.0. The number of hydrogen-bond donors (Lipinski definition) is 1. The smallest absolute Gasteiger partial charge is 0.380 e. The zero-order chi connectivity index (χ0) is 19.4. The Bertz CT molecular complexity index is 881. The number of ether oxygens (including phenoxy) is 1. The van der Waals surface area contributed by atoms with E-state index in [1.54, 1.807) is 6.07 Å². The van der Waals surface area contributed by atoms with Gasteiger partial charge in [0.2, 0.25) is 0 Å². The maximum Gasteiger partial charge on any atom is 0.380 e. The van der Waals surface area contributed by atoms with Gasteiger partial charge in [-0.3, -0.25) is 4.79 Å². The topological polar surface area (TPSA) is 95.7 Å². The average Bonchev–Trinajstić information content (AvgIpc) is 2.59. The molecule has 3 aliphatic rings. The first-order valence-electron chi connectivity index (χ1n) is 9.69. The molecule has 7 heteroatoms. The molecular formula is C20H27NO5S. The second-order valence-corrected chi connectivity index (χ2v) is 9.76. The fraction of sp³-hybridized carbons (Fsp3) is 0.650. The Morgan fingerprint density at radius 3 is 2.63 bits per heavy atom. The lowest BCUT2D eigenvalue weighted by Gasteiger charge is -2.54. The molecule has 0 heterocycles. The van der Waals surface area contributed by atoms with Crippen LogP contribution in [0, 0.1) is 17.3 Å². The molecule has 2 saturated carbocycles. The molecule has 0 radical (unpaired) electrons. The van der Waals surface area contributed by atoms with E-state index in [9.17, 15) is 13.2 Å². The summed E-state index contributed by atoms with van der Waals surface area (Å²) < 4.78 is 32.9. The van der Waals surface area contributed by atoms with Crippen molar-refractivity contribution in [2.24, 2.45) is 22.4 Å². The summed E-state index contributed by atoms with van der Waals surface area (Å²) in [5.74, 6) is 1.58. The molecule has 6 nitrogen and oxygen atoms in total. The van der Waals surface area contributed by atoms with Crippen LogP contribution in [0.2, 0.25) is 0 Å². The van der Waals surface area contributed by atoms with Gasteiger partial charge in [0.05, 0.1) is 7.11 Å². The summed E-state index contributed by atoms with van der Waals surface area (Å²) in [6, 6.07) is 3.28. The zero-order valence-electron chi connectivity index (χ0n) is 15.9. The largest absolute Gasteiger partial charge is 0.493 e. The molecule has 27 heavy (non-hydrogen) atoms. The number of carbonyl (C=O) groups excluding carboxylic acids is 1. The number of hydrogen-bond acceptors (Lipinski definition) is 5. The van der Waals surface area contributed by atoms with Crippen LogP contribution < -0.4 is 14.1 Å². The Balaban J connectivity index is 1.76. The molecule has 2 fully saturated rings. The summed E-state index contributed by atoms with van der Waals surface area (Å²) in [6.45, 7) is 2.40. The minimum Gasteiger partial charge on any atom is -0.493 e. The zero-order valence-corrected chi connectivity index (χ0v) is 16.7. The Labute approximate surface area is 160 Å². The fourth-order valence-electron chi connectivity index (χ4n) is 5.92. The quantitative estimate of drug-likeness (QED) is 0.847. The summed E-state index contributed by atoms with van der Waals surface area (Å²) in [5.41, 5.74) is 1.87. The summed E-state index contributed by atoms with van der Waals surface area (Å²) in [7, 11) is -2.74. The standard InChI is InChI=1S/C20H27NO5S/c1-20-7-4-3-5-16(20)14-9-17(22)15-11-19(26-27(21,23)24)18(25-2)10-13(15)12(14)6-8-20/h10-12,14,16H,3-9H2,1-2H3,(H2,21,23,24)/t12-,14-,16+,20+/m1/s1. The molecule has 0 aromatic heterocycles. The van der Waals surface area contributed by atoms with E-state index in [0.29, 0.717) is 40.9 Å². The number of Topliss-reactive ketones (excluding diaryl/α,β-unsaturated/α-hetero) is 1. The maximum atomic E-state index is 13.0. The van der Waals surface area contributed by atoms with Crippen molar-refractivity contribution < 1.29 is 22.1 Å². The molecule has 4 atom stereocenters. The van der Waals surface area contributed by atoms with Gasteiger partial charge in [-0.25, -0.2) is 0 Å². The second kappa shape index (κ2) is 6.48. The lowest BCUT2D eigenvalue weighted by atomic mass is 9.51. The molecule has 1 aromatic rings. The first-order chi connectivity index (χ1) is 12.7. The number of rotatable bonds is 3. The molecule has 0 unspecified atom stereocenters. The lowest BCUT2D eigenvalue weighted by molar-refractivity contribution is -0.00206. The van der Waals surface area contributed by atoms with Gasteiger partial charge in [0.1, 0.15) is 0 Å². The van der Waals surface area contributed by atoms with Gasteiger partial charge in [0.25, 0.3) is 0 Å². The summed E-state index contributed by atoms with van der Waals surface area (Å²) in [5, 5.41) is 5.01. The lowest BCUT2D eigenvalue weighted by Crippen LogP contribution is -2.45. The van der Waals surface area contributed by atoms with Crippen LogP contribution in [0.5, 0.6) is 11.5 Å². The average molecular weight is 394 g/mol. The van der Waals surface area contributed by atoms with E-state index in [4.69, 9.17) is 14.1 Å². The van der Waals surface area contributed by atoms with E-state index < -0.39 is 10.3 Å². The van der Waals surface area contributed by atoms with Crippen LogP contribution in [0.15, 0.2) is 12.1 Å². The predicted molar refractivity (Wildman–Crippen MR) is 101 cm³/mol. The highest BCUT2D eigenvalue weighted by molar-refractivity contribution is 7.84. The van der Waals surface area contributed by atoms with Crippen molar-refractivity contribution in [1.29, 1.82) is 0 Å². The van der Waals surface area contributed by atoms with Crippen LogP contribution in [-0.4, -0.2) is 21.3 Å². The molecule has 3 aliphatic carbocycles. The molecule has 4 rings (SSSR count). The highest BCUT2D eigenvalue weighted by atomic mass is 32.2. The van der Waals surface area contributed by atoms with Crippen LogP contribution >= 0.6 is 0 Å². The third-order valence-corrected chi connectivity index (χ3v) is 7.54. The van der Waals surface area contributed by atoms with E-state index in [-0.39, 0.29) is 11.5 Å². The van der Waals surface area contributed by atoms with E-state index in [2.05, 4.69) is 6.92 Å². The van der Waals surface area contributed by atoms with Crippen molar-refractivity contribution in [2.45, 2.75) is 57.8 Å². The Kier molecular flexibility index (Phi) is 4.50. The van der Waals surface area contributed by atoms with Crippen LogP contribution in [0.3, 0.4) is 0 Å². The third kappa shape index (κ3) is 3.25. The number of benzene rings is 1. The van der Waals surface area contributed by atoms with Gasteiger partial charge in [-0.05, 0) is 66.5 Å². The molecule has 148 valence electrons. The van der Waals surface area contributed by atoms with Crippen molar-refractivity contribution >= 4 is 16.1 Å². The number of fused-ring (bicyclic) bond motifs is 5. The van der Waals surface area contributed by atoms with Crippen LogP contribution in [-0.2, 0) is 10.3 Å². The van der Waals surface area contributed by atoms with Crippen molar-refractivity contribution in [2.75, 3.05) is 7.11 Å². The molecule has 2 N–H and O–H groups in total. The molecule has 0 bridgehead atoms. The Hall–Kier alpha value is -1.60. The van der Waals surface area contributed by atoms with Gasteiger partial charge >= 0.3 is 10.3 Å². The van der Waals surface area contributed by atoms with Crippen molar-refractivity contribution in [3.05, 3.63) is 23.3 Å². The minimum absolute atomic E-state index is 0.0242. The molecule has 0 aliphatic heterocycles. The highest BCUT2D eigenvalue weighted by Crippen LogP contribution is 2.60. The highest BCUT2D eigenvalue weighted by Gasteiger charge is 2.50. The monoisotopic (exact) mass is 393 g/mol. The number of methoxy groups -OCH3 is 1. The number of nitrogens with two attached hydrogens (primary N) is 1. The number of ketones is 1. The minimum atomic E-state index is -4.19. The molecular weight excluding hydrogens is 366 g/mol. The predicted octanol–water partition coefficient (Wildman–Crippen LogP) is 3.55. The van der Waals surface area contributed by atoms with E-state index in [0.717, 1.165) is 12.0 Å². The van der Waals surface area contributed by atoms with Gasteiger partial charge < -0.3 is 8.92 Å². The van der Waals surface area contributed by atoms with E-state index in [1.165, 1.54) is 45.3 Å². The maximum absolute atomic E-state index is 13.0. The Morgan fingerprint density at radius 2 is 1.93 bits per heavy atom. The summed E-state index contributed by atoms with van der Waals surface area (Å²) in [6.07, 6.45) is 7.74.